The van der Waals surface area contributed by atoms with Crippen LogP contribution in [-0.2, 0) is 0 Å². The van der Waals surface area contributed by atoms with Crippen molar-refractivity contribution in [1.82, 2.24) is 0 Å². The van der Waals surface area contributed by atoms with E-state index in [0.29, 0.717) is 27.2 Å². The molecule has 0 aliphatic heterocycles. The average Bonchev–Trinajstić information content (AvgIpc) is 2.42. The third kappa shape index (κ3) is 3.80. The normalized spacial score (nSPS) is 12.2. The zero-order valence-electron chi connectivity index (χ0n) is 10.8. The number of rotatable bonds is 4. The number of aliphatic hydroxyl groups is 1. The molecule has 2 aromatic rings. The van der Waals surface area contributed by atoms with E-state index in [4.69, 9.17) is 34.8 Å². The molecule has 0 spiro atoms. The van der Waals surface area contributed by atoms with Gasteiger partial charge in [-0.2, -0.15) is 0 Å². The summed E-state index contributed by atoms with van der Waals surface area (Å²) in [4.78, 5) is 0. The summed E-state index contributed by atoms with van der Waals surface area (Å²) in [7, 11) is 0. The molecule has 106 valence electrons. The molecular weight excluding hydrogens is 317 g/mol. The highest BCUT2D eigenvalue weighted by molar-refractivity contribution is 6.34. The van der Waals surface area contributed by atoms with Gasteiger partial charge < -0.3 is 10.4 Å². The maximum absolute atomic E-state index is 10.2. The van der Waals surface area contributed by atoms with E-state index in [0.717, 1.165) is 11.3 Å². The zero-order valence-corrected chi connectivity index (χ0v) is 13.1. The van der Waals surface area contributed by atoms with Crippen molar-refractivity contribution < 1.29 is 5.11 Å². The molecule has 5 heteroatoms. The van der Waals surface area contributed by atoms with Crippen molar-refractivity contribution in [2.75, 3.05) is 11.9 Å². The molecule has 2 aromatic carbocycles. The lowest BCUT2D eigenvalue weighted by Gasteiger charge is -2.16. The Kier molecular flexibility index (Phi) is 5.17. The van der Waals surface area contributed by atoms with Crippen molar-refractivity contribution in [2.45, 2.75) is 13.0 Å². The molecule has 2 rings (SSSR count). The Labute approximate surface area is 133 Å². The molecular formula is C15H14Cl3NO. The van der Waals surface area contributed by atoms with Crippen molar-refractivity contribution in [2.24, 2.45) is 0 Å². The van der Waals surface area contributed by atoms with Crippen LogP contribution in [0.2, 0.25) is 15.1 Å². The minimum absolute atomic E-state index is 0.295. The third-order valence-electron chi connectivity index (χ3n) is 2.92. The fraction of sp³-hybridized carbons (Fsp3) is 0.200. The summed E-state index contributed by atoms with van der Waals surface area (Å²) in [5.74, 6) is 0. The summed E-state index contributed by atoms with van der Waals surface area (Å²) in [5, 5.41) is 14.9. The quantitative estimate of drug-likeness (QED) is 0.817. The van der Waals surface area contributed by atoms with Crippen LogP contribution in [-0.4, -0.2) is 11.7 Å². The molecule has 2 nitrogen and oxygen atoms in total. The second-order valence-corrected chi connectivity index (χ2v) is 5.80. The van der Waals surface area contributed by atoms with Crippen molar-refractivity contribution in [3.63, 3.8) is 0 Å². The lowest BCUT2D eigenvalue weighted by Crippen LogP contribution is -2.13. The number of nitrogens with one attached hydrogen (secondary N) is 1. The predicted octanol–water partition coefficient (Wildman–Crippen LogP) is 5.10. The molecule has 1 atom stereocenters. The fourth-order valence-electron chi connectivity index (χ4n) is 1.86. The standard InChI is InChI=1S/C15H14Cl3NO/c1-9-2-4-13(18)14(6-9)19-8-15(20)11-7-10(16)3-5-12(11)17/h2-7,15,19-20H,8H2,1H3. The van der Waals surface area contributed by atoms with Crippen LogP contribution in [0.15, 0.2) is 36.4 Å². The molecule has 0 aliphatic carbocycles. The summed E-state index contributed by atoms with van der Waals surface area (Å²) in [6.07, 6.45) is -0.766. The van der Waals surface area contributed by atoms with Gasteiger partial charge in [-0.15, -0.1) is 0 Å². The number of aryl methyl sites for hydroxylation is 1. The molecule has 0 saturated heterocycles. The maximum atomic E-state index is 10.2. The van der Waals surface area contributed by atoms with Crippen LogP contribution in [0.3, 0.4) is 0 Å². The molecule has 0 aromatic heterocycles. The first-order valence-electron chi connectivity index (χ1n) is 6.10. The summed E-state index contributed by atoms with van der Waals surface area (Å²) in [6, 6.07) is 10.7. The van der Waals surface area contributed by atoms with E-state index in [1.165, 1.54) is 0 Å². The summed E-state index contributed by atoms with van der Waals surface area (Å²) < 4.78 is 0. The lowest BCUT2D eigenvalue weighted by atomic mass is 10.1. The minimum Gasteiger partial charge on any atom is -0.387 e. The van der Waals surface area contributed by atoms with Crippen LogP contribution < -0.4 is 5.32 Å². The Morgan fingerprint density at radius 1 is 1.05 bits per heavy atom. The average molecular weight is 331 g/mol. The van der Waals surface area contributed by atoms with E-state index in [-0.39, 0.29) is 0 Å². The molecule has 0 bridgehead atoms. The van der Waals surface area contributed by atoms with Crippen LogP contribution in [0.5, 0.6) is 0 Å². The second kappa shape index (κ2) is 6.68. The first-order chi connectivity index (χ1) is 9.47. The van der Waals surface area contributed by atoms with E-state index < -0.39 is 6.10 Å². The van der Waals surface area contributed by atoms with Gasteiger partial charge in [-0.3, -0.25) is 0 Å². The Morgan fingerprint density at radius 2 is 1.75 bits per heavy atom. The highest BCUT2D eigenvalue weighted by atomic mass is 35.5. The van der Waals surface area contributed by atoms with Crippen molar-refractivity contribution in [1.29, 1.82) is 0 Å². The molecule has 0 aliphatic rings. The van der Waals surface area contributed by atoms with Gasteiger partial charge in [0.15, 0.2) is 0 Å². The summed E-state index contributed by atoms with van der Waals surface area (Å²) in [6.45, 7) is 2.27. The predicted molar refractivity (Wildman–Crippen MR) is 86.1 cm³/mol. The molecule has 0 amide bonds. The Bertz CT molecular complexity index is 616. The first-order valence-corrected chi connectivity index (χ1v) is 7.24. The van der Waals surface area contributed by atoms with Gasteiger partial charge >= 0.3 is 0 Å². The van der Waals surface area contributed by atoms with E-state index in [1.54, 1.807) is 18.2 Å². The van der Waals surface area contributed by atoms with E-state index in [9.17, 15) is 5.11 Å². The van der Waals surface area contributed by atoms with Gasteiger partial charge in [0.2, 0.25) is 0 Å². The van der Waals surface area contributed by atoms with Crippen LogP contribution in [0.4, 0.5) is 5.69 Å². The molecule has 0 fully saturated rings. The highest BCUT2D eigenvalue weighted by Gasteiger charge is 2.12. The summed E-state index contributed by atoms with van der Waals surface area (Å²) in [5.41, 5.74) is 2.46. The largest absolute Gasteiger partial charge is 0.387 e. The van der Waals surface area contributed by atoms with Crippen molar-refractivity contribution >= 4 is 40.5 Å². The number of hydrogen-bond donors (Lipinski definition) is 2. The van der Waals surface area contributed by atoms with Gasteiger partial charge in [-0.05, 0) is 42.8 Å². The number of hydrogen-bond acceptors (Lipinski definition) is 2. The zero-order chi connectivity index (χ0) is 14.7. The number of halogens is 3. The van der Waals surface area contributed by atoms with Gasteiger partial charge in [0.25, 0.3) is 0 Å². The van der Waals surface area contributed by atoms with Crippen LogP contribution >= 0.6 is 34.8 Å². The smallest absolute Gasteiger partial charge is 0.0977 e. The monoisotopic (exact) mass is 329 g/mol. The van der Waals surface area contributed by atoms with E-state index >= 15 is 0 Å². The molecule has 0 radical (unpaired) electrons. The second-order valence-electron chi connectivity index (χ2n) is 4.55. The number of aliphatic hydroxyl groups excluding tert-OH is 1. The topological polar surface area (TPSA) is 32.3 Å². The Morgan fingerprint density at radius 3 is 2.50 bits per heavy atom. The SMILES string of the molecule is Cc1ccc(Cl)c(NCC(O)c2cc(Cl)ccc2Cl)c1. The number of anilines is 1. The maximum Gasteiger partial charge on any atom is 0.0977 e. The van der Waals surface area contributed by atoms with Crippen molar-refractivity contribution in [3.05, 3.63) is 62.6 Å². The van der Waals surface area contributed by atoms with Gasteiger partial charge in [0.05, 0.1) is 16.8 Å². The van der Waals surface area contributed by atoms with Gasteiger partial charge in [0, 0.05) is 22.2 Å². The third-order valence-corrected chi connectivity index (χ3v) is 3.83. The molecule has 0 saturated carbocycles. The lowest BCUT2D eigenvalue weighted by molar-refractivity contribution is 0.192. The summed E-state index contributed by atoms with van der Waals surface area (Å²) >= 11 is 18.1. The fourth-order valence-corrected chi connectivity index (χ4v) is 2.47. The molecule has 1 unspecified atom stereocenters. The number of benzene rings is 2. The highest BCUT2D eigenvalue weighted by Crippen LogP contribution is 2.28. The van der Waals surface area contributed by atoms with Crippen molar-refractivity contribution in [3.8, 4) is 0 Å². The van der Waals surface area contributed by atoms with Gasteiger partial charge in [0.1, 0.15) is 0 Å². The Hall–Kier alpha value is -0.930. The van der Waals surface area contributed by atoms with Gasteiger partial charge in [-0.25, -0.2) is 0 Å². The Balaban J connectivity index is 2.10. The first kappa shape index (κ1) is 15.5. The molecule has 20 heavy (non-hydrogen) atoms. The van der Waals surface area contributed by atoms with Crippen LogP contribution in [0.25, 0.3) is 0 Å². The molecule has 0 heterocycles. The van der Waals surface area contributed by atoms with Crippen LogP contribution in [0, 0.1) is 6.92 Å². The van der Waals surface area contributed by atoms with E-state index in [2.05, 4.69) is 5.32 Å². The minimum atomic E-state index is -0.766. The van der Waals surface area contributed by atoms with Gasteiger partial charge in [-0.1, -0.05) is 40.9 Å². The van der Waals surface area contributed by atoms with E-state index in [1.807, 2.05) is 25.1 Å². The van der Waals surface area contributed by atoms with Crippen LogP contribution in [0.1, 0.15) is 17.2 Å². The molecule has 2 N–H and O–H groups in total.